The molecule has 1 aliphatic rings. The van der Waals surface area contributed by atoms with Gasteiger partial charge in [0.15, 0.2) is 0 Å². The first-order chi connectivity index (χ1) is 13.1. The van der Waals surface area contributed by atoms with Crippen LogP contribution in [0.2, 0.25) is 0 Å². The highest BCUT2D eigenvalue weighted by atomic mass is 32.2. The fourth-order valence-electron chi connectivity index (χ4n) is 2.90. The molecule has 1 saturated heterocycles. The summed E-state index contributed by atoms with van der Waals surface area (Å²) in [5.41, 5.74) is 1.21. The van der Waals surface area contributed by atoms with Crippen LogP contribution in [-0.2, 0) is 10.0 Å². The van der Waals surface area contributed by atoms with E-state index < -0.39 is 27.0 Å². The number of rotatable bonds is 5. The Morgan fingerprint density at radius 3 is 2.18 bits per heavy atom. The third kappa shape index (κ3) is 5.08. The lowest BCUT2D eigenvalue weighted by molar-refractivity contribution is -0.275. The van der Waals surface area contributed by atoms with Gasteiger partial charge in [-0.3, -0.25) is 4.72 Å². The van der Waals surface area contributed by atoms with Gasteiger partial charge in [0.05, 0.1) is 0 Å². The number of hydrogen-bond donors (Lipinski definition) is 1. The molecule has 1 fully saturated rings. The van der Waals surface area contributed by atoms with E-state index in [0.717, 1.165) is 44.0 Å². The number of sulfonamides is 1. The zero-order valence-corrected chi connectivity index (χ0v) is 15.9. The highest BCUT2D eigenvalue weighted by Gasteiger charge is 2.34. The minimum atomic E-state index is -4.99. The molecule has 3 rings (SSSR count). The van der Waals surface area contributed by atoms with Crippen LogP contribution < -0.4 is 14.4 Å². The Morgan fingerprint density at radius 1 is 0.964 bits per heavy atom. The minimum absolute atomic E-state index is 0.250. The molecule has 0 bridgehead atoms. The average Bonchev–Trinajstić information content (AvgIpc) is 2.62. The second-order valence-electron chi connectivity index (χ2n) is 6.44. The van der Waals surface area contributed by atoms with Gasteiger partial charge in [-0.15, -0.1) is 13.2 Å². The molecule has 0 amide bonds. The Morgan fingerprint density at radius 2 is 1.57 bits per heavy atom. The average molecular weight is 415 g/mol. The van der Waals surface area contributed by atoms with Gasteiger partial charge in [0.25, 0.3) is 10.0 Å². The lowest BCUT2D eigenvalue weighted by Crippen LogP contribution is -2.44. The minimum Gasteiger partial charge on any atom is -0.404 e. The topological polar surface area (TPSA) is 61.9 Å². The lowest BCUT2D eigenvalue weighted by atomic mass is 10.2. The van der Waals surface area contributed by atoms with Gasteiger partial charge < -0.3 is 14.5 Å². The van der Waals surface area contributed by atoms with Crippen LogP contribution in [0.25, 0.3) is 0 Å². The molecule has 1 heterocycles. The van der Waals surface area contributed by atoms with E-state index in [-0.39, 0.29) is 5.69 Å². The monoisotopic (exact) mass is 415 g/mol. The van der Waals surface area contributed by atoms with Crippen LogP contribution in [0.15, 0.2) is 53.4 Å². The van der Waals surface area contributed by atoms with Crippen molar-refractivity contribution in [2.45, 2.75) is 11.3 Å². The molecule has 28 heavy (non-hydrogen) atoms. The number of para-hydroxylation sites is 1. The van der Waals surface area contributed by atoms with Crippen molar-refractivity contribution in [2.75, 3.05) is 42.8 Å². The Kier molecular flexibility index (Phi) is 5.71. The van der Waals surface area contributed by atoms with E-state index in [1.165, 1.54) is 12.1 Å². The molecular weight excluding hydrogens is 395 g/mol. The summed E-state index contributed by atoms with van der Waals surface area (Å²) in [4.78, 5) is 3.82. The zero-order valence-electron chi connectivity index (χ0n) is 15.1. The van der Waals surface area contributed by atoms with Gasteiger partial charge in [0.1, 0.15) is 10.6 Å². The van der Waals surface area contributed by atoms with E-state index in [2.05, 4.69) is 26.3 Å². The van der Waals surface area contributed by atoms with Gasteiger partial charge in [-0.1, -0.05) is 12.1 Å². The predicted molar refractivity (Wildman–Crippen MR) is 100 cm³/mol. The molecule has 0 radical (unpaired) electrons. The summed E-state index contributed by atoms with van der Waals surface area (Å²) in [6.07, 6.45) is -4.99. The maximum atomic E-state index is 12.6. The van der Waals surface area contributed by atoms with Crippen LogP contribution in [0.4, 0.5) is 24.5 Å². The Hall–Kier alpha value is -2.46. The van der Waals surface area contributed by atoms with Crippen molar-refractivity contribution >= 4 is 21.4 Å². The van der Waals surface area contributed by atoms with Crippen molar-refractivity contribution in [3.63, 3.8) is 0 Å². The summed E-state index contributed by atoms with van der Waals surface area (Å²) in [6.45, 7) is 3.60. The SMILES string of the molecule is CN1CCN(c2ccc(NS(=O)(=O)c3ccccc3OC(F)(F)F)cc2)CC1. The predicted octanol–water partition coefficient (Wildman–Crippen LogP) is 3.14. The number of piperazine rings is 1. The summed E-state index contributed by atoms with van der Waals surface area (Å²) in [6, 6.07) is 11.3. The molecule has 152 valence electrons. The molecule has 0 spiro atoms. The summed E-state index contributed by atoms with van der Waals surface area (Å²) in [5, 5.41) is 0. The summed E-state index contributed by atoms with van der Waals surface area (Å²) >= 11 is 0. The third-order valence-corrected chi connectivity index (χ3v) is 5.77. The molecule has 0 unspecified atom stereocenters. The summed E-state index contributed by atoms with van der Waals surface area (Å²) in [5.74, 6) is -0.781. The van der Waals surface area contributed by atoms with Crippen molar-refractivity contribution in [3.8, 4) is 5.75 Å². The van der Waals surface area contributed by atoms with Gasteiger partial charge >= 0.3 is 6.36 Å². The molecule has 2 aromatic rings. The van der Waals surface area contributed by atoms with Gasteiger partial charge in [-0.25, -0.2) is 8.42 Å². The van der Waals surface area contributed by atoms with Gasteiger partial charge in [0.2, 0.25) is 0 Å². The second-order valence-corrected chi connectivity index (χ2v) is 8.09. The van der Waals surface area contributed by atoms with Crippen LogP contribution in [0, 0.1) is 0 Å². The largest absolute Gasteiger partial charge is 0.573 e. The number of anilines is 2. The van der Waals surface area contributed by atoms with Crippen molar-refractivity contribution in [2.24, 2.45) is 0 Å². The van der Waals surface area contributed by atoms with Crippen molar-refractivity contribution in [1.82, 2.24) is 4.90 Å². The van der Waals surface area contributed by atoms with E-state index in [9.17, 15) is 21.6 Å². The third-order valence-electron chi connectivity index (χ3n) is 4.35. The van der Waals surface area contributed by atoms with E-state index >= 15 is 0 Å². The number of hydrogen-bond acceptors (Lipinski definition) is 5. The molecule has 0 atom stereocenters. The van der Waals surface area contributed by atoms with E-state index in [1.54, 1.807) is 24.3 Å². The first-order valence-corrected chi connectivity index (χ1v) is 10.0. The standard InChI is InChI=1S/C18H20F3N3O3S/c1-23-10-12-24(13-11-23)15-8-6-14(7-9-15)22-28(25,26)17-5-3-2-4-16(17)27-18(19,20)21/h2-9,22H,10-13H2,1H3. The fourth-order valence-corrected chi connectivity index (χ4v) is 4.08. The molecule has 0 aliphatic carbocycles. The molecule has 6 nitrogen and oxygen atoms in total. The van der Waals surface area contributed by atoms with Crippen LogP contribution >= 0.6 is 0 Å². The maximum absolute atomic E-state index is 12.6. The fraction of sp³-hybridized carbons (Fsp3) is 0.333. The number of nitrogens with one attached hydrogen (secondary N) is 1. The van der Waals surface area contributed by atoms with E-state index in [0.29, 0.717) is 0 Å². The Labute approximate surface area is 161 Å². The number of benzene rings is 2. The Balaban J connectivity index is 1.76. The summed E-state index contributed by atoms with van der Waals surface area (Å²) in [7, 11) is -2.21. The molecule has 0 aromatic heterocycles. The molecule has 10 heteroatoms. The second kappa shape index (κ2) is 7.88. The Bertz CT molecular complexity index is 910. The quantitative estimate of drug-likeness (QED) is 0.813. The normalized spacial score (nSPS) is 16.1. The number of likely N-dealkylation sites (N-methyl/N-ethyl adjacent to an activating group) is 1. The highest BCUT2D eigenvalue weighted by Crippen LogP contribution is 2.31. The van der Waals surface area contributed by atoms with E-state index in [1.807, 2.05) is 0 Å². The van der Waals surface area contributed by atoms with Crippen molar-refractivity contribution in [3.05, 3.63) is 48.5 Å². The van der Waals surface area contributed by atoms with Gasteiger partial charge in [-0.05, 0) is 43.4 Å². The smallest absolute Gasteiger partial charge is 0.404 e. The maximum Gasteiger partial charge on any atom is 0.573 e. The zero-order chi connectivity index (χ0) is 20.4. The first kappa shape index (κ1) is 20.3. The van der Waals surface area contributed by atoms with Crippen LogP contribution in [0.5, 0.6) is 5.75 Å². The number of ether oxygens (including phenoxy) is 1. The lowest BCUT2D eigenvalue weighted by Gasteiger charge is -2.34. The van der Waals surface area contributed by atoms with Crippen molar-refractivity contribution in [1.29, 1.82) is 0 Å². The number of halogens is 3. The molecule has 1 N–H and O–H groups in total. The molecule has 2 aromatic carbocycles. The van der Waals surface area contributed by atoms with E-state index in [4.69, 9.17) is 0 Å². The van der Waals surface area contributed by atoms with Crippen LogP contribution in [0.1, 0.15) is 0 Å². The molecular formula is C18H20F3N3O3S. The summed E-state index contributed by atoms with van der Waals surface area (Å²) < 4.78 is 68.9. The highest BCUT2D eigenvalue weighted by molar-refractivity contribution is 7.92. The number of alkyl halides is 3. The first-order valence-electron chi connectivity index (χ1n) is 8.55. The number of nitrogens with zero attached hydrogens (tertiary/aromatic N) is 2. The van der Waals surface area contributed by atoms with Gasteiger partial charge in [-0.2, -0.15) is 0 Å². The van der Waals surface area contributed by atoms with Crippen LogP contribution in [0.3, 0.4) is 0 Å². The molecule has 0 saturated carbocycles. The van der Waals surface area contributed by atoms with Crippen molar-refractivity contribution < 1.29 is 26.3 Å². The van der Waals surface area contributed by atoms with Crippen LogP contribution in [-0.4, -0.2) is 52.9 Å². The molecule has 1 aliphatic heterocycles. The van der Waals surface area contributed by atoms with Gasteiger partial charge in [0, 0.05) is 37.6 Å².